The highest BCUT2D eigenvalue weighted by molar-refractivity contribution is 5.94. The Balaban J connectivity index is 2.26. The summed E-state index contributed by atoms with van der Waals surface area (Å²) in [6.45, 7) is 5.66. The van der Waals surface area contributed by atoms with E-state index >= 15 is 0 Å². The summed E-state index contributed by atoms with van der Waals surface area (Å²) in [5.41, 5.74) is 2.26. The highest BCUT2D eigenvalue weighted by Gasteiger charge is 2.18. The average Bonchev–Trinajstić information content (AvgIpc) is 2.77. The second-order valence-electron chi connectivity index (χ2n) is 6.01. The smallest absolute Gasteiger partial charge is 0.271 e. The third kappa shape index (κ3) is 3.82. The van der Waals surface area contributed by atoms with E-state index in [0.29, 0.717) is 24.7 Å². The summed E-state index contributed by atoms with van der Waals surface area (Å²) in [6.07, 6.45) is 2.92. The van der Waals surface area contributed by atoms with E-state index in [-0.39, 0.29) is 5.91 Å². The first kappa shape index (κ1) is 15.5. The van der Waals surface area contributed by atoms with Crippen LogP contribution >= 0.6 is 0 Å². The molecule has 0 spiro atoms. The number of amides is 1. The first-order valence-corrected chi connectivity index (χ1v) is 7.38. The van der Waals surface area contributed by atoms with Crippen molar-refractivity contribution in [2.75, 3.05) is 20.6 Å². The number of imidazole rings is 1. The Morgan fingerprint density at radius 3 is 2.81 bits per heavy atom. The van der Waals surface area contributed by atoms with Gasteiger partial charge in [0.25, 0.3) is 5.91 Å². The topological polar surface area (TPSA) is 49.6 Å². The van der Waals surface area contributed by atoms with Crippen molar-refractivity contribution >= 4 is 11.6 Å². The summed E-state index contributed by atoms with van der Waals surface area (Å²) >= 11 is 0. The molecule has 0 unspecified atom stereocenters. The molecule has 2 rings (SSSR count). The van der Waals surface area contributed by atoms with Crippen LogP contribution in [0, 0.1) is 5.92 Å². The molecule has 5 heteroatoms. The van der Waals surface area contributed by atoms with Crippen molar-refractivity contribution in [3.8, 4) is 0 Å². The number of fused-ring (bicyclic) bond motifs is 1. The summed E-state index contributed by atoms with van der Waals surface area (Å²) in [7, 11) is 3.98. The zero-order valence-electron chi connectivity index (χ0n) is 13.3. The standard InChI is InChI=1S/C16H24N4O/c1-12(2)8-9-17-16(21)15-13(11-19(3)4)20-10-6-5-7-14(20)18-15/h5-7,10,12H,8-9,11H2,1-4H3,(H,17,21). The van der Waals surface area contributed by atoms with Crippen molar-refractivity contribution in [2.45, 2.75) is 26.8 Å². The molecule has 0 aliphatic heterocycles. The fourth-order valence-corrected chi connectivity index (χ4v) is 2.24. The van der Waals surface area contributed by atoms with Crippen LogP contribution in [0.25, 0.3) is 5.65 Å². The number of carbonyl (C=O) groups excluding carboxylic acids is 1. The SMILES string of the molecule is CC(C)CCNC(=O)c1nc2ccccn2c1CN(C)C. The van der Waals surface area contributed by atoms with Crippen molar-refractivity contribution < 1.29 is 4.79 Å². The van der Waals surface area contributed by atoms with Gasteiger partial charge in [-0.1, -0.05) is 19.9 Å². The van der Waals surface area contributed by atoms with Gasteiger partial charge in [0.1, 0.15) is 5.65 Å². The maximum Gasteiger partial charge on any atom is 0.271 e. The van der Waals surface area contributed by atoms with Crippen LogP contribution in [0.15, 0.2) is 24.4 Å². The zero-order valence-corrected chi connectivity index (χ0v) is 13.3. The monoisotopic (exact) mass is 288 g/mol. The molecule has 0 aliphatic carbocycles. The van der Waals surface area contributed by atoms with Gasteiger partial charge in [0, 0.05) is 19.3 Å². The number of nitrogens with zero attached hydrogens (tertiary/aromatic N) is 3. The van der Waals surface area contributed by atoms with Gasteiger partial charge in [-0.2, -0.15) is 0 Å². The molecule has 0 saturated carbocycles. The first-order valence-electron chi connectivity index (χ1n) is 7.38. The summed E-state index contributed by atoms with van der Waals surface area (Å²) < 4.78 is 1.98. The largest absolute Gasteiger partial charge is 0.351 e. The zero-order chi connectivity index (χ0) is 15.4. The molecule has 114 valence electrons. The number of rotatable bonds is 6. The van der Waals surface area contributed by atoms with E-state index in [2.05, 4.69) is 24.1 Å². The van der Waals surface area contributed by atoms with Crippen LogP contribution in [0.4, 0.5) is 0 Å². The number of carbonyl (C=O) groups is 1. The van der Waals surface area contributed by atoms with Crippen LogP contribution < -0.4 is 5.32 Å². The molecule has 2 aromatic rings. The van der Waals surface area contributed by atoms with Crippen LogP contribution in [0.2, 0.25) is 0 Å². The lowest BCUT2D eigenvalue weighted by Gasteiger charge is -2.11. The van der Waals surface area contributed by atoms with Crippen LogP contribution in [0.5, 0.6) is 0 Å². The molecule has 5 nitrogen and oxygen atoms in total. The van der Waals surface area contributed by atoms with E-state index in [4.69, 9.17) is 0 Å². The Kier molecular flexibility index (Phi) is 4.96. The Bertz CT molecular complexity index is 616. The van der Waals surface area contributed by atoms with Crippen LogP contribution in [-0.4, -0.2) is 40.8 Å². The number of hydrogen-bond acceptors (Lipinski definition) is 3. The minimum atomic E-state index is -0.0869. The number of pyridine rings is 1. The summed E-state index contributed by atoms with van der Waals surface area (Å²) in [5.74, 6) is 0.490. The molecule has 2 heterocycles. The molecule has 0 saturated heterocycles. The lowest BCUT2D eigenvalue weighted by molar-refractivity contribution is 0.0946. The van der Waals surface area contributed by atoms with Gasteiger partial charge in [0.15, 0.2) is 5.69 Å². The highest BCUT2D eigenvalue weighted by atomic mass is 16.1. The molecule has 1 amide bonds. The molecule has 0 aromatic carbocycles. The van der Waals surface area contributed by atoms with E-state index in [1.165, 1.54) is 0 Å². The molecular formula is C16H24N4O. The number of aromatic nitrogens is 2. The van der Waals surface area contributed by atoms with Gasteiger partial charge in [-0.25, -0.2) is 4.98 Å². The molecule has 0 radical (unpaired) electrons. The van der Waals surface area contributed by atoms with Crippen LogP contribution in [0.3, 0.4) is 0 Å². The third-order valence-corrected chi connectivity index (χ3v) is 3.32. The maximum absolute atomic E-state index is 12.4. The Hall–Kier alpha value is -1.88. The average molecular weight is 288 g/mol. The van der Waals surface area contributed by atoms with E-state index in [1.54, 1.807) is 0 Å². The van der Waals surface area contributed by atoms with Gasteiger partial charge in [-0.3, -0.25) is 4.79 Å². The lowest BCUT2D eigenvalue weighted by Crippen LogP contribution is -2.27. The molecule has 0 atom stereocenters. The highest BCUT2D eigenvalue weighted by Crippen LogP contribution is 2.14. The Labute approximate surface area is 126 Å². The summed E-state index contributed by atoms with van der Waals surface area (Å²) in [6, 6.07) is 5.81. The van der Waals surface area contributed by atoms with Crippen molar-refractivity contribution in [2.24, 2.45) is 5.92 Å². The van der Waals surface area contributed by atoms with Crippen molar-refractivity contribution in [1.29, 1.82) is 0 Å². The van der Waals surface area contributed by atoms with E-state index in [0.717, 1.165) is 17.8 Å². The van der Waals surface area contributed by atoms with E-state index in [1.807, 2.05) is 47.8 Å². The predicted octanol–water partition coefficient (Wildman–Crippen LogP) is 2.17. The molecule has 0 fully saturated rings. The molecular weight excluding hydrogens is 264 g/mol. The maximum atomic E-state index is 12.4. The molecule has 1 N–H and O–H groups in total. The number of nitrogens with one attached hydrogen (secondary N) is 1. The van der Waals surface area contributed by atoms with Crippen LogP contribution in [-0.2, 0) is 6.54 Å². The minimum Gasteiger partial charge on any atom is -0.351 e. The molecule has 0 aliphatic rings. The van der Waals surface area contributed by atoms with Gasteiger partial charge in [0.2, 0.25) is 0 Å². The molecule has 2 aromatic heterocycles. The van der Waals surface area contributed by atoms with Crippen LogP contribution in [0.1, 0.15) is 36.5 Å². The van der Waals surface area contributed by atoms with E-state index < -0.39 is 0 Å². The third-order valence-electron chi connectivity index (χ3n) is 3.32. The second-order valence-corrected chi connectivity index (χ2v) is 6.01. The fourth-order valence-electron chi connectivity index (χ4n) is 2.24. The summed E-state index contributed by atoms with van der Waals surface area (Å²) in [5, 5.41) is 2.97. The molecule has 0 bridgehead atoms. The Morgan fingerprint density at radius 1 is 1.38 bits per heavy atom. The lowest BCUT2D eigenvalue weighted by atomic mass is 10.1. The van der Waals surface area contributed by atoms with Gasteiger partial charge >= 0.3 is 0 Å². The minimum absolute atomic E-state index is 0.0869. The first-order chi connectivity index (χ1) is 9.99. The van der Waals surface area contributed by atoms with Crippen molar-refractivity contribution in [3.63, 3.8) is 0 Å². The van der Waals surface area contributed by atoms with Gasteiger partial charge in [0.05, 0.1) is 5.69 Å². The predicted molar refractivity (Wildman–Crippen MR) is 84.4 cm³/mol. The van der Waals surface area contributed by atoms with Crippen molar-refractivity contribution in [3.05, 3.63) is 35.8 Å². The number of hydrogen-bond donors (Lipinski definition) is 1. The van der Waals surface area contributed by atoms with Gasteiger partial charge in [-0.15, -0.1) is 0 Å². The quantitative estimate of drug-likeness (QED) is 0.886. The normalized spacial score (nSPS) is 11.5. The van der Waals surface area contributed by atoms with Gasteiger partial charge in [-0.05, 0) is 38.6 Å². The van der Waals surface area contributed by atoms with E-state index in [9.17, 15) is 4.79 Å². The second kappa shape index (κ2) is 6.72. The Morgan fingerprint density at radius 2 is 2.14 bits per heavy atom. The van der Waals surface area contributed by atoms with Crippen molar-refractivity contribution in [1.82, 2.24) is 19.6 Å². The molecule has 21 heavy (non-hydrogen) atoms. The van der Waals surface area contributed by atoms with Gasteiger partial charge < -0.3 is 14.6 Å². The summed E-state index contributed by atoms with van der Waals surface area (Å²) in [4.78, 5) is 18.9. The fraction of sp³-hybridized carbons (Fsp3) is 0.500.